The number of anilines is 1. The molecule has 0 unspecified atom stereocenters. The number of carboxylic acids is 1. The fourth-order valence-corrected chi connectivity index (χ4v) is 3.97. The predicted molar refractivity (Wildman–Crippen MR) is 109 cm³/mol. The van der Waals surface area contributed by atoms with Gasteiger partial charge < -0.3 is 10.4 Å². The van der Waals surface area contributed by atoms with Crippen LogP contribution in [0, 0.1) is 25.7 Å². The fourth-order valence-electron chi connectivity index (χ4n) is 3.46. The van der Waals surface area contributed by atoms with Crippen LogP contribution < -0.4 is 5.32 Å². The third-order valence-corrected chi connectivity index (χ3v) is 5.79. The van der Waals surface area contributed by atoms with E-state index in [-0.39, 0.29) is 5.91 Å². The lowest BCUT2D eigenvalue weighted by molar-refractivity contribution is -0.146. The van der Waals surface area contributed by atoms with Crippen molar-refractivity contribution in [3.63, 3.8) is 0 Å². The number of hydrogen-bond donors (Lipinski definition) is 2. The number of hydrogen-bond acceptors (Lipinski definition) is 3. The summed E-state index contributed by atoms with van der Waals surface area (Å²) in [4.78, 5) is 24.2. The molecule has 0 fully saturated rings. The van der Waals surface area contributed by atoms with E-state index in [9.17, 15) is 14.7 Å². The van der Waals surface area contributed by atoms with Gasteiger partial charge in [0.2, 0.25) is 5.91 Å². The van der Waals surface area contributed by atoms with E-state index in [1.807, 2.05) is 19.1 Å². The minimum atomic E-state index is -0.956. The van der Waals surface area contributed by atoms with Crippen molar-refractivity contribution in [2.75, 3.05) is 5.32 Å². The number of halogens is 2. The van der Waals surface area contributed by atoms with Crippen molar-refractivity contribution in [2.45, 2.75) is 33.2 Å². The van der Waals surface area contributed by atoms with Gasteiger partial charge in [-0.2, -0.15) is 5.10 Å². The lowest BCUT2D eigenvalue weighted by Crippen LogP contribution is -2.35. The number of rotatable bonds is 5. The number of carbonyl (C=O) groups is 2. The van der Waals surface area contributed by atoms with E-state index >= 15 is 0 Å². The average Bonchev–Trinajstić information content (AvgIpc) is 2.92. The highest BCUT2D eigenvalue weighted by Crippen LogP contribution is 2.30. The molecule has 1 aromatic carbocycles. The fraction of sp³-hybridized carbons (Fsp3) is 0.350. The molecule has 28 heavy (non-hydrogen) atoms. The Kier molecular flexibility index (Phi) is 6.10. The first-order valence-corrected chi connectivity index (χ1v) is 9.70. The summed E-state index contributed by atoms with van der Waals surface area (Å²) in [5.41, 5.74) is 2.73. The summed E-state index contributed by atoms with van der Waals surface area (Å²) in [5.74, 6) is -2.59. The van der Waals surface area contributed by atoms with E-state index in [0.29, 0.717) is 40.8 Å². The van der Waals surface area contributed by atoms with Crippen molar-refractivity contribution in [1.82, 2.24) is 9.78 Å². The first-order valence-electron chi connectivity index (χ1n) is 8.95. The van der Waals surface area contributed by atoms with Gasteiger partial charge in [-0.1, -0.05) is 41.4 Å². The van der Waals surface area contributed by atoms with Gasteiger partial charge in [0, 0.05) is 15.6 Å². The van der Waals surface area contributed by atoms with Crippen LogP contribution in [0.4, 0.5) is 5.69 Å². The van der Waals surface area contributed by atoms with Gasteiger partial charge in [0.05, 0.1) is 35.5 Å². The lowest BCUT2D eigenvalue weighted by Gasteiger charge is -2.24. The maximum atomic E-state index is 12.8. The van der Waals surface area contributed by atoms with Crippen LogP contribution in [-0.4, -0.2) is 26.8 Å². The molecule has 6 nitrogen and oxygen atoms in total. The number of aliphatic carboxylic acids is 1. The molecule has 1 aliphatic carbocycles. The average molecular weight is 422 g/mol. The van der Waals surface area contributed by atoms with Crippen molar-refractivity contribution in [1.29, 1.82) is 0 Å². The van der Waals surface area contributed by atoms with Crippen molar-refractivity contribution in [2.24, 2.45) is 11.8 Å². The molecule has 148 valence electrons. The molecule has 0 saturated carbocycles. The molecule has 8 heteroatoms. The number of amides is 1. The Hall–Kier alpha value is -2.31. The first-order chi connectivity index (χ1) is 13.3. The van der Waals surface area contributed by atoms with E-state index in [4.69, 9.17) is 23.2 Å². The van der Waals surface area contributed by atoms with Crippen molar-refractivity contribution < 1.29 is 14.7 Å². The summed E-state index contributed by atoms with van der Waals surface area (Å²) in [7, 11) is 0. The largest absolute Gasteiger partial charge is 0.481 e. The minimum absolute atomic E-state index is 0.307. The van der Waals surface area contributed by atoms with Crippen molar-refractivity contribution >= 4 is 40.8 Å². The summed E-state index contributed by atoms with van der Waals surface area (Å²) in [5, 5.41) is 17.9. The highest BCUT2D eigenvalue weighted by atomic mass is 35.5. The SMILES string of the molecule is Cc1nn(Cc2c(Cl)cccc2Cl)c(C)c1NC(=O)[C@H]1CC=CC[C@H]1C(=O)O. The summed E-state index contributed by atoms with van der Waals surface area (Å²) in [6.07, 6.45) is 4.43. The lowest BCUT2D eigenvalue weighted by atomic mass is 9.82. The van der Waals surface area contributed by atoms with Crippen LogP contribution in [0.1, 0.15) is 29.8 Å². The van der Waals surface area contributed by atoms with Crippen LogP contribution in [0.3, 0.4) is 0 Å². The molecule has 0 bridgehead atoms. The smallest absolute Gasteiger partial charge is 0.307 e. The number of carbonyl (C=O) groups excluding carboxylic acids is 1. The third kappa shape index (κ3) is 4.08. The van der Waals surface area contributed by atoms with E-state index in [1.54, 1.807) is 29.8 Å². The predicted octanol–water partition coefficient (Wildman–Crippen LogP) is 4.46. The first kappa shape index (κ1) is 20.4. The van der Waals surface area contributed by atoms with E-state index in [2.05, 4.69) is 10.4 Å². The minimum Gasteiger partial charge on any atom is -0.481 e. The molecule has 2 aromatic rings. The maximum absolute atomic E-state index is 12.8. The second-order valence-electron chi connectivity index (χ2n) is 6.89. The maximum Gasteiger partial charge on any atom is 0.307 e. The highest BCUT2D eigenvalue weighted by molar-refractivity contribution is 6.35. The second kappa shape index (κ2) is 8.37. The Morgan fingerprint density at radius 3 is 2.39 bits per heavy atom. The van der Waals surface area contributed by atoms with Gasteiger partial charge in [-0.25, -0.2) is 0 Å². The van der Waals surface area contributed by atoms with Crippen LogP contribution in [0.5, 0.6) is 0 Å². The number of aryl methyl sites for hydroxylation is 1. The van der Waals surface area contributed by atoms with Crippen LogP contribution in [-0.2, 0) is 16.1 Å². The molecule has 0 radical (unpaired) electrons. The molecular formula is C20H21Cl2N3O3. The zero-order chi connectivity index (χ0) is 20.4. The number of carboxylic acid groups (broad SMARTS) is 1. The molecule has 2 N–H and O–H groups in total. The van der Waals surface area contributed by atoms with E-state index in [1.165, 1.54) is 0 Å². The third-order valence-electron chi connectivity index (χ3n) is 5.09. The molecule has 0 spiro atoms. The Labute approximate surface area is 173 Å². The molecule has 3 rings (SSSR count). The number of nitrogens with zero attached hydrogens (tertiary/aromatic N) is 2. The summed E-state index contributed by atoms with van der Waals surface area (Å²) in [6, 6.07) is 5.30. The van der Waals surface area contributed by atoms with Crippen LogP contribution in [0.15, 0.2) is 30.4 Å². The van der Waals surface area contributed by atoms with Gasteiger partial charge in [-0.15, -0.1) is 0 Å². The Balaban J connectivity index is 1.83. The summed E-state index contributed by atoms with van der Waals surface area (Å²) in [6.45, 7) is 4.00. The van der Waals surface area contributed by atoms with E-state index < -0.39 is 17.8 Å². The molecule has 2 atom stereocenters. The normalized spacial score (nSPS) is 18.9. The Bertz CT molecular complexity index is 932. The van der Waals surface area contributed by atoms with Gasteiger partial charge in [0.15, 0.2) is 0 Å². The molecule has 1 aliphatic rings. The van der Waals surface area contributed by atoms with Gasteiger partial charge in [0.1, 0.15) is 0 Å². The Morgan fingerprint density at radius 2 is 1.79 bits per heavy atom. The molecule has 1 amide bonds. The van der Waals surface area contributed by atoms with Crippen molar-refractivity contribution in [3.05, 3.63) is 57.3 Å². The molecular weight excluding hydrogens is 401 g/mol. The number of aromatic nitrogens is 2. The molecule has 0 saturated heterocycles. The van der Waals surface area contributed by atoms with Gasteiger partial charge in [-0.3, -0.25) is 14.3 Å². The zero-order valence-corrected chi connectivity index (χ0v) is 17.1. The highest BCUT2D eigenvalue weighted by Gasteiger charge is 2.34. The monoisotopic (exact) mass is 421 g/mol. The molecule has 1 heterocycles. The molecule has 1 aromatic heterocycles. The Morgan fingerprint density at radius 1 is 1.18 bits per heavy atom. The standard InChI is InChI=1S/C20H21Cl2N3O3/c1-11-18(23-19(26)13-6-3-4-7-14(13)20(27)28)12(2)25(24-11)10-15-16(21)8-5-9-17(15)22/h3-5,8-9,13-14H,6-7,10H2,1-2H3,(H,23,26)(H,27,28)/t13-,14+/m0/s1. The zero-order valence-electron chi connectivity index (χ0n) is 15.6. The topological polar surface area (TPSA) is 84.2 Å². The number of allylic oxidation sites excluding steroid dienone is 2. The summed E-state index contributed by atoms with van der Waals surface area (Å²) >= 11 is 12.5. The van der Waals surface area contributed by atoms with Gasteiger partial charge >= 0.3 is 5.97 Å². The van der Waals surface area contributed by atoms with Gasteiger partial charge in [0.25, 0.3) is 0 Å². The summed E-state index contributed by atoms with van der Waals surface area (Å²) < 4.78 is 1.73. The van der Waals surface area contributed by atoms with Crippen LogP contribution in [0.2, 0.25) is 10.0 Å². The van der Waals surface area contributed by atoms with E-state index in [0.717, 1.165) is 11.3 Å². The van der Waals surface area contributed by atoms with Crippen molar-refractivity contribution in [3.8, 4) is 0 Å². The molecule has 0 aliphatic heterocycles. The van der Waals surface area contributed by atoms with Crippen LogP contribution in [0.25, 0.3) is 0 Å². The van der Waals surface area contributed by atoms with Gasteiger partial charge in [-0.05, 0) is 38.8 Å². The second-order valence-corrected chi connectivity index (χ2v) is 7.70. The number of nitrogens with one attached hydrogen (secondary N) is 1. The number of benzene rings is 1. The van der Waals surface area contributed by atoms with Crippen LogP contribution >= 0.6 is 23.2 Å². The quantitative estimate of drug-likeness (QED) is 0.697.